The molecule has 1 heterocycles. The lowest BCUT2D eigenvalue weighted by Gasteiger charge is -1.95. The van der Waals surface area contributed by atoms with E-state index >= 15 is 0 Å². The summed E-state index contributed by atoms with van der Waals surface area (Å²) in [7, 11) is 0. The Morgan fingerprint density at radius 3 is 2.20 bits per heavy atom. The van der Waals surface area contributed by atoms with Crippen LogP contribution in [0.2, 0.25) is 0 Å². The van der Waals surface area contributed by atoms with Crippen LogP contribution in [0.1, 0.15) is 5.89 Å². The molecule has 4 nitrogen and oxygen atoms in total. The molecule has 0 aliphatic rings. The van der Waals surface area contributed by atoms with Crippen LogP contribution in [0.5, 0.6) is 0 Å². The summed E-state index contributed by atoms with van der Waals surface area (Å²) >= 11 is 0. The van der Waals surface area contributed by atoms with Gasteiger partial charge in [-0.05, 0) is 5.16 Å². The molecule has 0 spiro atoms. The first-order chi connectivity index (χ1) is 4.50. The van der Waals surface area contributed by atoms with Crippen LogP contribution in [0.4, 0.5) is 19.1 Å². The highest BCUT2D eigenvalue weighted by atomic mass is 19.4. The molecule has 10 heavy (non-hydrogen) atoms. The molecule has 1 rings (SSSR count). The van der Waals surface area contributed by atoms with Crippen molar-refractivity contribution in [1.82, 2.24) is 10.1 Å². The number of aromatic nitrogens is 2. The van der Waals surface area contributed by atoms with Crippen molar-refractivity contribution in [3.8, 4) is 0 Å². The van der Waals surface area contributed by atoms with Crippen molar-refractivity contribution in [3.63, 3.8) is 0 Å². The van der Waals surface area contributed by atoms with Gasteiger partial charge in [0.05, 0.1) is 0 Å². The predicted octanol–water partition coefficient (Wildman–Crippen LogP) is 0.671. The van der Waals surface area contributed by atoms with Crippen LogP contribution in [0.3, 0.4) is 0 Å². The summed E-state index contributed by atoms with van der Waals surface area (Å²) in [5.74, 6) is -1.95. The largest absolute Gasteiger partial charge is 0.471 e. The lowest BCUT2D eigenvalue weighted by atomic mass is 10.6. The van der Waals surface area contributed by atoms with Gasteiger partial charge in [-0.25, -0.2) is 0 Å². The van der Waals surface area contributed by atoms with Gasteiger partial charge in [0, 0.05) is 0 Å². The molecule has 1 aromatic rings. The third-order valence-corrected chi connectivity index (χ3v) is 0.684. The van der Waals surface area contributed by atoms with Gasteiger partial charge in [-0.3, -0.25) is 0 Å². The zero-order valence-corrected chi connectivity index (χ0v) is 4.51. The van der Waals surface area contributed by atoms with E-state index in [1.54, 1.807) is 0 Å². The lowest BCUT2D eigenvalue weighted by molar-refractivity contribution is -0.159. The van der Waals surface area contributed by atoms with Gasteiger partial charge in [0.1, 0.15) is 0 Å². The SMILES string of the molecule is Nc1noc(C(F)(F)F)n1. The third-order valence-electron chi connectivity index (χ3n) is 0.684. The van der Waals surface area contributed by atoms with Gasteiger partial charge in [-0.2, -0.15) is 18.2 Å². The molecule has 0 saturated heterocycles. The van der Waals surface area contributed by atoms with Crippen LogP contribution in [0.25, 0.3) is 0 Å². The summed E-state index contributed by atoms with van der Waals surface area (Å²) in [6.07, 6.45) is -4.61. The molecule has 0 fully saturated rings. The minimum Gasteiger partial charge on any atom is -0.365 e. The van der Waals surface area contributed by atoms with E-state index in [-0.39, 0.29) is 0 Å². The topological polar surface area (TPSA) is 64.9 Å². The smallest absolute Gasteiger partial charge is 0.365 e. The molecule has 0 unspecified atom stereocenters. The van der Waals surface area contributed by atoms with Crippen LogP contribution in [0.15, 0.2) is 4.52 Å². The van der Waals surface area contributed by atoms with Crippen molar-refractivity contribution in [2.45, 2.75) is 6.18 Å². The summed E-state index contributed by atoms with van der Waals surface area (Å²) in [6.45, 7) is 0. The van der Waals surface area contributed by atoms with Crippen LogP contribution in [-0.4, -0.2) is 10.1 Å². The number of nitrogens with two attached hydrogens (primary N) is 1. The average molecular weight is 153 g/mol. The van der Waals surface area contributed by atoms with Gasteiger partial charge < -0.3 is 10.3 Å². The molecular weight excluding hydrogens is 151 g/mol. The van der Waals surface area contributed by atoms with Crippen LogP contribution < -0.4 is 5.73 Å². The van der Waals surface area contributed by atoms with E-state index in [0.717, 1.165) is 0 Å². The lowest BCUT2D eigenvalue weighted by Crippen LogP contribution is -2.05. The van der Waals surface area contributed by atoms with E-state index in [9.17, 15) is 13.2 Å². The molecule has 0 bridgehead atoms. The molecule has 0 atom stereocenters. The molecule has 0 aliphatic carbocycles. The average Bonchev–Trinajstić information content (AvgIpc) is 2.11. The second kappa shape index (κ2) is 1.86. The van der Waals surface area contributed by atoms with Crippen LogP contribution >= 0.6 is 0 Å². The summed E-state index contributed by atoms with van der Waals surface area (Å²) in [6, 6.07) is 0. The highest BCUT2D eigenvalue weighted by Crippen LogP contribution is 2.27. The van der Waals surface area contributed by atoms with Gasteiger partial charge in [0.2, 0.25) is 0 Å². The Labute approximate surface area is 52.8 Å². The summed E-state index contributed by atoms with van der Waals surface area (Å²) in [4.78, 5) is 2.76. The van der Waals surface area contributed by atoms with Crippen molar-refractivity contribution in [2.75, 3.05) is 5.73 Å². The highest BCUT2D eigenvalue weighted by Gasteiger charge is 2.38. The van der Waals surface area contributed by atoms with E-state index in [4.69, 9.17) is 5.73 Å². The molecule has 0 amide bonds. The Morgan fingerprint density at radius 2 is 2.00 bits per heavy atom. The second-order valence-electron chi connectivity index (χ2n) is 1.46. The Balaban J connectivity index is 2.96. The number of hydrogen-bond donors (Lipinski definition) is 1. The van der Waals surface area contributed by atoms with Gasteiger partial charge >= 0.3 is 12.1 Å². The maximum atomic E-state index is 11.5. The summed E-state index contributed by atoms with van der Waals surface area (Å²) < 4.78 is 38.4. The van der Waals surface area contributed by atoms with Crippen molar-refractivity contribution in [1.29, 1.82) is 0 Å². The fourth-order valence-electron chi connectivity index (χ4n) is 0.350. The van der Waals surface area contributed by atoms with Crippen LogP contribution in [0, 0.1) is 0 Å². The predicted molar refractivity (Wildman–Crippen MR) is 23.7 cm³/mol. The zero-order valence-electron chi connectivity index (χ0n) is 4.51. The fraction of sp³-hybridized carbons (Fsp3) is 0.333. The fourth-order valence-corrected chi connectivity index (χ4v) is 0.350. The van der Waals surface area contributed by atoms with E-state index in [1.165, 1.54) is 0 Å². The molecule has 0 saturated carbocycles. The Kier molecular flexibility index (Phi) is 1.27. The summed E-state index contributed by atoms with van der Waals surface area (Å²) in [5, 5.41) is 2.75. The standard InChI is InChI=1S/C3H2F3N3O/c4-3(5,6)1-8-2(7)9-10-1/h(H2,7,9). The minimum absolute atomic E-state index is 0.521. The van der Waals surface area contributed by atoms with Crippen molar-refractivity contribution in [3.05, 3.63) is 5.89 Å². The first-order valence-electron chi connectivity index (χ1n) is 2.16. The molecule has 0 aliphatic heterocycles. The maximum Gasteiger partial charge on any atom is 0.471 e. The monoisotopic (exact) mass is 153 g/mol. The minimum atomic E-state index is -4.61. The quantitative estimate of drug-likeness (QED) is 0.594. The first-order valence-corrected chi connectivity index (χ1v) is 2.16. The number of halogens is 3. The molecule has 0 radical (unpaired) electrons. The Hall–Kier alpha value is -1.27. The van der Waals surface area contributed by atoms with Gasteiger partial charge in [-0.15, -0.1) is 0 Å². The number of anilines is 1. The van der Waals surface area contributed by atoms with E-state index in [2.05, 4.69) is 14.7 Å². The molecular formula is C3H2F3N3O. The number of rotatable bonds is 0. The number of nitrogen functional groups attached to an aromatic ring is 1. The van der Waals surface area contributed by atoms with Gasteiger partial charge in [-0.1, -0.05) is 0 Å². The molecule has 2 N–H and O–H groups in total. The van der Waals surface area contributed by atoms with Crippen molar-refractivity contribution in [2.24, 2.45) is 0 Å². The normalized spacial score (nSPS) is 11.9. The second-order valence-corrected chi connectivity index (χ2v) is 1.46. The van der Waals surface area contributed by atoms with Gasteiger partial charge in [0.15, 0.2) is 0 Å². The van der Waals surface area contributed by atoms with Crippen molar-refractivity contribution < 1.29 is 17.7 Å². The Bertz CT molecular complexity index is 229. The molecule has 1 aromatic heterocycles. The van der Waals surface area contributed by atoms with Crippen molar-refractivity contribution >= 4 is 5.95 Å². The molecule has 0 aromatic carbocycles. The van der Waals surface area contributed by atoms with Gasteiger partial charge in [0.25, 0.3) is 5.95 Å². The number of alkyl halides is 3. The van der Waals surface area contributed by atoms with E-state index in [1.807, 2.05) is 0 Å². The first kappa shape index (κ1) is 6.84. The zero-order chi connectivity index (χ0) is 7.78. The molecule has 56 valence electrons. The summed E-state index contributed by atoms with van der Waals surface area (Å²) in [5.41, 5.74) is 4.76. The van der Waals surface area contributed by atoms with E-state index < -0.39 is 18.0 Å². The van der Waals surface area contributed by atoms with Crippen LogP contribution in [-0.2, 0) is 6.18 Å². The highest BCUT2D eigenvalue weighted by molar-refractivity contribution is 5.11. The maximum absolute atomic E-state index is 11.5. The number of nitrogens with zero attached hydrogens (tertiary/aromatic N) is 2. The van der Waals surface area contributed by atoms with E-state index in [0.29, 0.717) is 0 Å². The third kappa shape index (κ3) is 1.17. The molecule has 7 heteroatoms. The number of hydrogen-bond acceptors (Lipinski definition) is 4. The Morgan fingerprint density at radius 1 is 1.40 bits per heavy atom.